The van der Waals surface area contributed by atoms with E-state index in [1.165, 1.54) is 58.0 Å². The first kappa shape index (κ1) is 87.3. The van der Waals surface area contributed by atoms with Gasteiger partial charge in [0.05, 0.1) is 74.3 Å². The van der Waals surface area contributed by atoms with Gasteiger partial charge in [-0.2, -0.15) is 0 Å². The third kappa shape index (κ3) is 21.5. The van der Waals surface area contributed by atoms with Crippen LogP contribution in [0.4, 0.5) is 0 Å². The standard InChI is InChI=1S/C21H23N3O3.2C17H16N2O2.C15H11ClN2O2.C15H12N2O2.C14H9ClN2O/c25-21-16-19(17-5-2-1-3-6-17)22-20-15-18(7-9-24(20)21)27-12-4-8-23-10-13-26-14-11-23;1-3-21-14-8-9-19-16(10-14)18-15(11-17(19)20)13-6-4-12(2)5-7-13;1-3-21-14-9-10-19-15(11-14)18-16(12(2)17(19)20)13-7-5-4-6-8-13;1-20-10-6-7-18-14(8-10)17-13(9-15(18)19)11-4-2-3-5-12(11)16;1-10-14(11-5-3-2-4-6-11)16-13-9-12(18)7-8-17(13)15(10)19;15-11-6-7-17-13(8-11)16-12(9-14(17)18)10-4-2-1-3-5-10/h1-3,5-7,9,15-16H,4,8,10-14H2;2*4-11H,3H2,1-2H3;2-9H,1H3;2-9,16H,1H3;1-9H. The van der Waals surface area contributed by atoms with Gasteiger partial charge in [0, 0.05) is 173 Å². The first-order chi connectivity index (χ1) is 61.3. The normalized spacial score (nSPS) is 11.7. The number of nitrogens with zero attached hydrogens (tertiary/aromatic N) is 12. The van der Waals surface area contributed by atoms with Crippen LogP contribution in [0.15, 0.2) is 338 Å². The Morgan fingerprint density at radius 2 is 0.802 bits per heavy atom. The van der Waals surface area contributed by atoms with Gasteiger partial charge in [0.15, 0.2) is 5.43 Å². The number of aromatic nitrogens is 12. The predicted octanol–water partition coefficient (Wildman–Crippen LogP) is 16.6. The molecule has 634 valence electrons. The Balaban J connectivity index is 0.000000123. The molecule has 13 heterocycles. The van der Waals surface area contributed by atoms with E-state index in [4.69, 9.17) is 46.9 Å². The molecule has 18 aromatic rings. The minimum Gasteiger partial charge on any atom is -0.497 e. The number of halogens is 2. The average molecular weight is 1720 g/mol. The van der Waals surface area contributed by atoms with Crippen LogP contribution in [0.1, 0.15) is 37.0 Å². The van der Waals surface area contributed by atoms with E-state index in [0.29, 0.717) is 121 Å². The number of aromatic amines is 1. The summed E-state index contributed by atoms with van der Waals surface area (Å²) in [6, 6.07) is 80.3. The first-order valence-electron chi connectivity index (χ1n) is 40.6. The molecule has 0 saturated carbocycles. The number of hydrogen-bond donors (Lipinski definition) is 1. The second kappa shape index (κ2) is 41.2. The summed E-state index contributed by atoms with van der Waals surface area (Å²) in [4.78, 5) is 113. The van der Waals surface area contributed by atoms with Crippen LogP contribution in [0.5, 0.6) is 23.0 Å². The van der Waals surface area contributed by atoms with Crippen molar-refractivity contribution in [3.63, 3.8) is 0 Å². The van der Waals surface area contributed by atoms with Gasteiger partial charge in [-0.05, 0) is 83.0 Å². The van der Waals surface area contributed by atoms with Gasteiger partial charge < -0.3 is 28.7 Å². The van der Waals surface area contributed by atoms with E-state index in [-0.39, 0.29) is 38.8 Å². The lowest BCUT2D eigenvalue weighted by Crippen LogP contribution is -2.37. The SMILES string of the molecule is CCOc1ccn2c(=O)c(C)c(-c3ccccc3)nc2c1.CCOc1ccn2c(=O)cc(-c3ccc(C)cc3)nc2c1.COc1ccn2c(=O)cc(-c3ccccc3Cl)nc2c1.Cc1c(-c2ccccc2)[nH]c2cc(=O)ccn2c1=O.O=c1cc(-c2ccccc2)nc2cc(Cl)ccn12.O=c1cc(-c2ccccc2)nc2cc(OCCCN3CCOCC3)ccn12. The van der Waals surface area contributed by atoms with E-state index in [1.54, 1.807) is 123 Å². The number of hydrogen-bond acceptors (Lipinski definition) is 18. The molecule has 1 aliphatic heterocycles. The van der Waals surface area contributed by atoms with E-state index in [2.05, 4.69) is 34.8 Å². The minimum absolute atomic E-state index is 0.0538. The van der Waals surface area contributed by atoms with Crippen molar-refractivity contribution in [2.45, 2.75) is 41.0 Å². The molecule has 1 fully saturated rings. The number of pyridine rings is 6. The molecule has 0 aliphatic carbocycles. The van der Waals surface area contributed by atoms with Crippen molar-refractivity contribution < 1.29 is 23.7 Å². The summed E-state index contributed by atoms with van der Waals surface area (Å²) in [5.41, 5.74) is 14.4. The molecule has 19 rings (SSSR count). The third-order valence-corrected chi connectivity index (χ3v) is 20.8. The summed E-state index contributed by atoms with van der Waals surface area (Å²) in [6.07, 6.45) is 10.8. The zero-order chi connectivity index (χ0) is 88.2. The van der Waals surface area contributed by atoms with Crippen molar-refractivity contribution in [2.24, 2.45) is 0 Å². The van der Waals surface area contributed by atoms with Gasteiger partial charge in [0.25, 0.3) is 33.4 Å². The molecule has 0 atom stereocenters. The largest absolute Gasteiger partial charge is 0.497 e. The van der Waals surface area contributed by atoms with Crippen LogP contribution in [0, 0.1) is 20.8 Å². The van der Waals surface area contributed by atoms with Gasteiger partial charge in [0.1, 0.15) is 56.9 Å². The molecular weight excluding hydrogens is 1630 g/mol. The number of aryl methyl sites for hydroxylation is 1. The van der Waals surface area contributed by atoms with Crippen molar-refractivity contribution in [3.8, 4) is 90.5 Å². The molecule has 0 unspecified atom stereocenters. The average Bonchev–Trinajstić information content (AvgIpc) is 0.826. The Morgan fingerprint density at radius 1 is 0.389 bits per heavy atom. The van der Waals surface area contributed by atoms with Gasteiger partial charge in [-0.3, -0.25) is 64.9 Å². The van der Waals surface area contributed by atoms with Crippen molar-refractivity contribution in [1.82, 2.24) is 61.2 Å². The van der Waals surface area contributed by atoms with Crippen LogP contribution in [0.25, 0.3) is 101 Å². The molecule has 0 bridgehead atoms. The number of fused-ring (bicyclic) bond motifs is 6. The fourth-order valence-corrected chi connectivity index (χ4v) is 14.2. The maximum atomic E-state index is 12.5. The zero-order valence-electron chi connectivity index (χ0n) is 69.8. The molecule has 1 aliphatic rings. The molecule has 12 aromatic heterocycles. The number of rotatable bonds is 16. The Morgan fingerprint density at radius 3 is 1.32 bits per heavy atom. The predicted molar refractivity (Wildman–Crippen MR) is 495 cm³/mol. The molecule has 0 radical (unpaired) electrons. The number of H-pyrrole nitrogens is 1. The van der Waals surface area contributed by atoms with Gasteiger partial charge >= 0.3 is 0 Å². The Bertz CT molecular complexity index is 7360. The lowest BCUT2D eigenvalue weighted by atomic mass is 10.1. The summed E-state index contributed by atoms with van der Waals surface area (Å²) in [5, 5.41) is 1.12. The first-order valence-corrected chi connectivity index (χ1v) is 41.4. The minimum atomic E-state index is -0.160. The van der Waals surface area contributed by atoms with Crippen LogP contribution in [-0.4, -0.2) is 121 Å². The summed E-state index contributed by atoms with van der Waals surface area (Å²) >= 11 is 12.1. The number of benzene rings is 6. The van der Waals surface area contributed by atoms with Gasteiger partial charge in [0.2, 0.25) is 0 Å². The summed E-state index contributed by atoms with van der Waals surface area (Å²) in [5.74, 6) is 2.81. The molecule has 0 amide bonds. The highest BCUT2D eigenvalue weighted by Crippen LogP contribution is 2.29. The van der Waals surface area contributed by atoms with Gasteiger partial charge in [-0.15, -0.1) is 0 Å². The van der Waals surface area contributed by atoms with E-state index >= 15 is 0 Å². The number of ether oxygens (including phenoxy) is 5. The molecular formula is C99H87Cl2N13O12. The monoisotopic (exact) mass is 1720 g/mol. The lowest BCUT2D eigenvalue weighted by molar-refractivity contribution is 0.0358. The Kier molecular flexibility index (Phi) is 28.6. The molecule has 1 saturated heterocycles. The zero-order valence-corrected chi connectivity index (χ0v) is 71.3. The number of nitrogens with one attached hydrogen (secondary N) is 1. The highest BCUT2D eigenvalue weighted by Gasteiger charge is 2.17. The Labute approximate surface area is 732 Å². The highest BCUT2D eigenvalue weighted by molar-refractivity contribution is 6.33. The smallest absolute Gasteiger partial charge is 0.261 e. The molecule has 27 heteroatoms. The van der Waals surface area contributed by atoms with Crippen LogP contribution < -0.4 is 57.7 Å². The van der Waals surface area contributed by atoms with Crippen LogP contribution >= 0.6 is 23.2 Å². The quantitative estimate of drug-likeness (QED) is 0.0880. The second-order valence-corrected chi connectivity index (χ2v) is 29.7. The van der Waals surface area contributed by atoms with Crippen molar-refractivity contribution in [1.29, 1.82) is 0 Å². The van der Waals surface area contributed by atoms with Crippen molar-refractivity contribution >= 4 is 57.1 Å². The molecule has 1 N–H and O–H groups in total. The van der Waals surface area contributed by atoms with Crippen molar-refractivity contribution in [2.75, 3.05) is 59.8 Å². The number of morpholine rings is 1. The lowest BCUT2D eigenvalue weighted by Gasteiger charge is -2.26. The molecule has 25 nitrogen and oxygen atoms in total. The maximum Gasteiger partial charge on any atom is 0.261 e. The topological polar surface area (TPSA) is 276 Å². The van der Waals surface area contributed by atoms with Crippen LogP contribution in [0.2, 0.25) is 10.0 Å². The van der Waals surface area contributed by atoms with Gasteiger partial charge in [-0.1, -0.05) is 193 Å². The number of methoxy groups -OCH3 is 1. The summed E-state index contributed by atoms with van der Waals surface area (Å²) < 4.78 is 36.3. The van der Waals surface area contributed by atoms with E-state index in [1.807, 2.05) is 197 Å². The Hall–Kier alpha value is -15.0. The van der Waals surface area contributed by atoms with Crippen molar-refractivity contribution in [3.05, 3.63) is 403 Å². The fraction of sp³-hybridized carbons (Fsp3) is 0.152. The van der Waals surface area contributed by atoms with E-state index < -0.39 is 0 Å². The van der Waals surface area contributed by atoms with E-state index in [0.717, 1.165) is 84.1 Å². The second-order valence-electron chi connectivity index (χ2n) is 28.8. The van der Waals surface area contributed by atoms with Crippen LogP contribution in [-0.2, 0) is 4.74 Å². The van der Waals surface area contributed by atoms with Crippen LogP contribution in [0.3, 0.4) is 0 Å². The molecule has 6 aromatic carbocycles. The molecule has 126 heavy (non-hydrogen) atoms. The fourth-order valence-electron chi connectivity index (χ4n) is 13.8. The third-order valence-electron chi connectivity index (χ3n) is 20.3. The highest BCUT2D eigenvalue weighted by atomic mass is 35.5. The maximum absolute atomic E-state index is 12.5. The van der Waals surface area contributed by atoms with E-state index in [9.17, 15) is 33.6 Å². The summed E-state index contributed by atoms with van der Waals surface area (Å²) in [6.45, 7) is 15.9. The van der Waals surface area contributed by atoms with Gasteiger partial charge in [-0.25, -0.2) is 24.9 Å². The summed E-state index contributed by atoms with van der Waals surface area (Å²) in [7, 11) is 1.57. The molecule has 0 spiro atoms.